The second-order valence-corrected chi connectivity index (χ2v) is 6.24. The zero-order valence-electron chi connectivity index (χ0n) is 14.4. The van der Waals surface area contributed by atoms with Gasteiger partial charge in [0.25, 0.3) is 0 Å². The maximum atomic E-state index is 13.6. The van der Waals surface area contributed by atoms with Crippen LogP contribution >= 0.6 is 0 Å². The molecule has 0 atom stereocenters. The van der Waals surface area contributed by atoms with E-state index in [1.54, 1.807) is 4.57 Å². The lowest BCUT2D eigenvalue weighted by Crippen LogP contribution is -2.30. The molecule has 2 heterocycles. The lowest BCUT2D eigenvalue weighted by Gasteiger charge is -2.08. The van der Waals surface area contributed by atoms with Crippen molar-refractivity contribution in [1.82, 2.24) is 14.3 Å². The predicted octanol–water partition coefficient (Wildman–Crippen LogP) is 1.51. The monoisotopic (exact) mass is 361 g/mol. The van der Waals surface area contributed by atoms with Crippen LogP contribution in [0, 0.1) is 5.82 Å². The van der Waals surface area contributed by atoms with Crippen LogP contribution in [0.4, 0.5) is 15.8 Å². The molecule has 1 aromatic carbocycles. The van der Waals surface area contributed by atoms with Gasteiger partial charge in [0.1, 0.15) is 18.2 Å². The quantitative estimate of drug-likeness (QED) is 0.862. The summed E-state index contributed by atoms with van der Waals surface area (Å²) >= 11 is 0. The van der Waals surface area contributed by atoms with Crippen LogP contribution < -0.4 is 16.3 Å². The van der Waals surface area contributed by atoms with Crippen LogP contribution in [0.25, 0.3) is 0 Å². The highest BCUT2D eigenvalue weighted by Crippen LogP contribution is 2.19. The van der Waals surface area contributed by atoms with Crippen LogP contribution in [0.2, 0.25) is 0 Å². The molecule has 138 valence electrons. The van der Waals surface area contributed by atoms with E-state index in [0.717, 1.165) is 36.4 Å². The number of carbonyl (C=O) groups excluding carboxylic acids is 2. The summed E-state index contributed by atoms with van der Waals surface area (Å²) in [7, 11) is 0. The van der Waals surface area contributed by atoms with Crippen LogP contribution in [0.15, 0.2) is 23.0 Å². The zero-order valence-corrected chi connectivity index (χ0v) is 14.4. The minimum absolute atomic E-state index is 0.0267. The van der Waals surface area contributed by atoms with Crippen LogP contribution in [-0.2, 0) is 29.1 Å². The van der Waals surface area contributed by atoms with Gasteiger partial charge in [0, 0.05) is 25.6 Å². The van der Waals surface area contributed by atoms with Crippen LogP contribution in [-0.4, -0.2) is 26.2 Å². The number of aromatic nitrogens is 3. The van der Waals surface area contributed by atoms with Crippen LogP contribution in [0.1, 0.15) is 32.0 Å². The lowest BCUT2D eigenvalue weighted by molar-refractivity contribution is -0.117. The summed E-state index contributed by atoms with van der Waals surface area (Å²) in [6.07, 6.45) is 3.68. The highest BCUT2D eigenvalue weighted by molar-refractivity contribution is 5.93. The average molecular weight is 361 g/mol. The number of fused-ring (bicyclic) bond motifs is 1. The van der Waals surface area contributed by atoms with Crippen molar-refractivity contribution >= 4 is 23.2 Å². The summed E-state index contributed by atoms with van der Waals surface area (Å²) in [6.45, 7) is 1.65. The molecule has 9 heteroatoms. The molecular weight excluding hydrogens is 341 g/mol. The Hall–Kier alpha value is -2.97. The lowest BCUT2D eigenvalue weighted by atomic mass is 10.2. The first-order valence-corrected chi connectivity index (χ1v) is 8.47. The van der Waals surface area contributed by atoms with Crippen LogP contribution in [0.3, 0.4) is 0 Å². The van der Waals surface area contributed by atoms with Gasteiger partial charge < -0.3 is 10.6 Å². The number of benzene rings is 1. The number of hydrogen-bond acceptors (Lipinski definition) is 4. The molecule has 0 saturated heterocycles. The summed E-state index contributed by atoms with van der Waals surface area (Å²) < 4.78 is 16.4. The van der Waals surface area contributed by atoms with Crippen LogP contribution in [0.5, 0.6) is 0 Å². The first-order valence-electron chi connectivity index (χ1n) is 8.47. The van der Waals surface area contributed by atoms with Gasteiger partial charge in [-0.25, -0.2) is 13.9 Å². The molecule has 0 radical (unpaired) electrons. The second-order valence-electron chi connectivity index (χ2n) is 6.24. The molecule has 1 aliphatic rings. The van der Waals surface area contributed by atoms with Crippen molar-refractivity contribution in [3.63, 3.8) is 0 Å². The van der Waals surface area contributed by atoms with Crippen molar-refractivity contribution < 1.29 is 14.0 Å². The molecule has 3 rings (SSSR count). The highest BCUT2D eigenvalue weighted by atomic mass is 19.1. The van der Waals surface area contributed by atoms with Crippen molar-refractivity contribution in [3.8, 4) is 0 Å². The Morgan fingerprint density at radius 2 is 2.04 bits per heavy atom. The molecule has 1 aromatic heterocycles. The fourth-order valence-electron chi connectivity index (χ4n) is 2.95. The van der Waals surface area contributed by atoms with E-state index in [2.05, 4.69) is 15.7 Å². The van der Waals surface area contributed by atoms with E-state index >= 15 is 0 Å². The molecule has 2 N–H and O–H groups in total. The fourth-order valence-corrected chi connectivity index (χ4v) is 2.95. The number of nitrogens with zero attached hydrogens (tertiary/aromatic N) is 3. The van der Waals surface area contributed by atoms with Crippen molar-refractivity contribution in [2.24, 2.45) is 0 Å². The number of halogens is 1. The first-order chi connectivity index (χ1) is 12.4. The molecular formula is C17H20FN5O3. The molecule has 0 bridgehead atoms. The third kappa shape index (κ3) is 3.98. The Morgan fingerprint density at radius 1 is 1.23 bits per heavy atom. The molecule has 2 aromatic rings. The van der Waals surface area contributed by atoms with E-state index in [0.29, 0.717) is 18.1 Å². The molecule has 0 aliphatic carbocycles. The molecule has 2 amide bonds. The maximum Gasteiger partial charge on any atom is 0.346 e. The normalized spacial score (nSPS) is 13.6. The minimum atomic E-state index is -0.604. The standard InChI is InChI=1S/C17H20FN5O3/c1-11(24)19-14-9-12(6-7-13(14)18)20-16(25)10-23-17(26)22-8-4-2-3-5-15(22)21-23/h6-7,9H,2-5,8,10H2,1H3,(H,19,24)(H,20,25). The number of aryl methyl sites for hydroxylation is 1. The first kappa shape index (κ1) is 17.8. The summed E-state index contributed by atoms with van der Waals surface area (Å²) in [6, 6.07) is 3.84. The van der Waals surface area contributed by atoms with Gasteiger partial charge in [-0.15, -0.1) is 0 Å². The Bertz CT molecular complexity index is 902. The van der Waals surface area contributed by atoms with Crippen molar-refractivity contribution in [2.75, 3.05) is 10.6 Å². The number of rotatable bonds is 4. The molecule has 0 fully saturated rings. The van der Waals surface area contributed by atoms with Gasteiger partial charge in [-0.05, 0) is 31.0 Å². The molecule has 1 aliphatic heterocycles. The largest absolute Gasteiger partial charge is 0.346 e. The number of carbonyl (C=O) groups is 2. The minimum Gasteiger partial charge on any atom is -0.324 e. The topological polar surface area (TPSA) is 98.0 Å². The van der Waals surface area contributed by atoms with Gasteiger partial charge in [-0.1, -0.05) is 6.42 Å². The highest BCUT2D eigenvalue weighted by Gasteiger charge is 2.17. The van der Waals surface area contributed by atoms with E-state index in [9.17, 15) is 18.8 Å². The Kier molecular flexibility index (Phi) is 5.15. The van der Waals surface area contributed by atoms with E-state index in [-0.39, 0.29) is 17.9 Å². The van der Waals surface area contributed by atoms with E-state index < -0.39 is 17.6 Å². The Labute approximate surface area is 149 Å². The Morgan fingerprint density at radius 3 is 2.81 bits per heavy atom. The second kappa shape index (κ2) is 7.51. The van der Waals surface area contributed by atoms with Crippen molar-refractivity contribution in [3.05, 3.63) is 40.3 Å². The molecule has 0 unspecified atom stereocenters. The van der Waals surface area contributed by atoms with E-state index in [1.165, 1.54) is 19.1 Å². The summed E-state index contributed by atoms with van der Waals surface area (Å²) in [5, 5.41) is 9.19. The van der Waals surface area contributed by atoms with Crippen molar-refractivity contribution in [2.45, 2.75) is 45.7 Å². The molecule has 0 saturated carbocycles. The molecule has 8 nitrogen and oxygen atoms in total. The van der Waals surface area contributed by atoms with Gasteiger partial charge in [-0.3, -0.25) is 14.2 Å². The number of nitrogens with one attached hydrogen (secondary N) is 2. The van der Waals surface area contributed by atoms with Gasteiger partial charge in [0.15, 0.2) is 0 Å². The zero-order chi connectivity index (χ0) is 18.7. The Balaban J connectivity index is 1.72. The van der Waals surface area contributed by atoms with Gasteiger partial charge in [-0.2, -0.15) is 5.10 Å². The van der Waals surface area contributed by atoms with E-state index in [1.807, 2.05) is 0 Å². The van der Waals surface area contributed by atoms with Gasteiger partial charge >= 0.3 is 5.69 Å². The SMILES string of the molecule is CC(=O)Nc1cc(NC(=O)Cn2nc3n(c2=O)CCCCC3)ccc1F. The predicted molar refractivity (Wildman–Crippen MR) is 93.4 cm³/mol. The fraction of sp³-hybridized carbons (Fsp3) is 0.412. The molecule has 0 spiro atoms. The smallest absolute Gasteiger partial charge is 0.324 e. The third-order valence-corrected chi connectivity index (χ3v) is 4.14. The van der Waals surface area contributed by atoms with Gasteiger partial charge in [0.2, 0.25) is 11.8 Å². The average Bonchev–Trinajstić information content (AvgIpc) is 2.75. The molecule has 26 heavy (non-hydrogen) atoms. The number of amides is 2. The number of anilines is 2. The van der Waals surface area contributed by atoms with Crippen molar-refractivity contribution in [1.29, 1.82) is 0 Å². The maximum absolute atomic E-state index is 13.6. The van der Waals surface area contributed by atoms with E-state index in [4.69, 9.17) is 0 Å². The summed E-state index contributed by atoms with van der Waals surface area (Å²) in [5.41, 5.74) is -0.00904. The number of hydrogen-bond donors (Lipinski definition) is 2. The summed E-state index contributed by atoms with van der Waals surface area (Å²) in [5.74, 6) is -0.776. The van der Waals surface area contributed by atoms with Gasteiger partial charge in [0.05, 0.1) is 5.69 Å². The summed E-state index contributed by atoms with van der Waals surface area (Å²) in [4.78, 5) is 35.7. The third-order valence-electron chi connectivity index (χ3n) is 4.14.